The first-order valence-electron chi connectivity index (χ1n) is 24.0. The van der Waals surface area contributed by atoms with Gasteiger partial charge in [0.15, 0.2) is 0 Å². The van der Waals surface area contributed by atoms with Crippen molar-refractivity contribution < 1.29 is 9.59 Å². The van der Waals surface area contributed by atoms with Gasteiger partial charge in [-0.2, -0.15) is 15.8 Å². The molecule has 0 atom stereocenters. The van der Waals surface area contributed by atoms with Crippen molar-refractivity contribution in [2.75, 3.05) is 9.80 Å². The van der Waals surface area contributed by atoms with Crippen LogP contribution in [-0.4, -0.2) is 21.6 Å². The molecule has 10 rings (SSSR count). The van der Waals surface area contributed by atoms with Gasteiger partial charge in [0.2, 0.25) is 5.69 Å². The minimum Gasteiger partial charge on any atom is -0.311 e. The van der Waals surface area contributed by atoms with Crippen molar-refractivity contribution in [2.24, 2.45) is 0 Å². The van der Waals surface area contributed by atoms with Crippen LogP contribution in [0.3, 0.4) is 0 Å². The molecular formula is C64H46N8O2. The van der Waals surface area contributed by atoms with Gasteiger partial charge in [0, 0.05) is 34.1 Å². The predicted molar refractivity (Wildman–Crippen MR) is 289 cm³/mol. The summed E-state index contributed by atoms with van der Waals surface area (Å²) in [5.41, 5.74) is 14.4. The van der Waals surface area contributed by atoms with E-state index in [0.717, 1.165) is 56.4 Å². The van der Waals surface area contributed by atoms with Crippen LogP contribution in [-0.2, 0) is 22.7 Å². The largest absolute Gasteiger partial charge is 0.311 e. The van der Waals surface area contributed by atoms with Gasteiger partial charge < -0.3 is 19.6 Å². The SMILES string of the molecule is [C-]#[N+]c1cc(CN2C(=O)C3=C(c4ccc(N(c5ccc(C)cc5)c5ccc(C)cc5)cc4)N(Cc4ccc(C#N)c(C#N)c4)C(=O)C3=C2c2ccc(N(c3ccc(C)cc3)c3ccc(C)cc3)cc2)ccc1C#N. The van der Waals surface area contributed by atoms with E-state index >= 15 is 9.59 Å². The molecule has 0 unspecified atom stereocenters. The van der Waals surface area contributed by atoms with Crippen LogP contribution in [0.15, 0.2) is 193 Å². The fourth-order valence-corrected chi connectivity index (χ4v) is 9.61. The van der Waals surface area contributed by atoms with Gasteiger partial charge in [-0.1, -0.05) is 119 Å². The topological polar surface area (TPSA) is 123 Å². The number of anilines is 6. The highest BCUT2D eigenvalue weighted by Gasteiger charge is 2.49. The van der Waals surface area contributed by atoms with Crippen LogP contribution in [0.4, 0.5) is 39.8 Å². The number of nitriles is 3. The van der Waals surface area contributed by atoms with Crippen LogP contribution < -0.4 is 9.80 Å². The van der Waals surface area contributed by atoms with E-state index < -0.39 is 11.8 Å². The van der Waals surface area contributed by atoms with Gasteiger partial charge in [-0.05, 0) is 135 Å². The van der Waals surface area contributed by atoms with Gasteiger partial charge in [-0.25, -0.2) is 4.85 Å². The molecule has 0 radical (unpaired) electrons. The number of nitrogens with zero attached hydrogens (tertiary/aromatic N) is 8. The van der Waals surface area contributed by atoms with Crippen molar-refractivity contribution in [3.63, 3.8) is 0 Å². The molecular weight excluding hydrogens is 913 g/mol. The lowest BCUT2D eigenvalue weighted by Crippen LogP contribution is -2.29. The van der Waals surface area contributed by atoms with Crippen LogP contribution in [0.1, 0.15) is 61.2 Å². The minimum atomic E-state index is -0.416. The van der Waals surface area contributed by atoms with E-state index in [0.29, 0.717) is 33.6 Å². The lowest BCUT2D eigenvalue weighted by Gasteiger charge is -2.28. The minimum absolute atomic E-state index is 0.00128. The molecule has 10 nitrogen and oxygen atoms in total. The summed E-state index contributed by atoms with van der Waals surface area (Å²) in [6.07, 6.45) is 0. The maximum absolute atomic E-state index is 15.6. The molecule has 10 heteroatoms. The lowest BCUT2D eigenvalue weighted by atomic mass is 10.0. The molecule has 8 aromatic rings. The van der Waals surface area contributed by atoms with E-state index in [9.17, 15) is 15.8 Å². The van der Waals surface area contributed by atoms with Crippen molar-refractivity contribution in [3.8, 4) is 18.2 Å². The van der Waals surface area contributed by atoms with E-state index in [2.05, 4.69) is 130 Å². The number of carbonyl (C=O) groups is 2. The zero-order chi connectivity index (χ0) is 51.6. The fraction of sp³-hybridized carbons (Fsp3) is 0.0938. The number of hydrogen-bond acceptors (Lipinski definition) is 7. The third kappa shape index (κ3) is 8.93. The average Bonchev–Trinajstić information content (AvgIpc) is 3.86. The van der Waals surface area contributed by atoms with Crippen LogP contribution in [0.25, 0.3) is 16.2 Å². The van der Waals surface area contributed by atoms with Crippen molar-refractivity contribution in [2.45, 2.75) is 40.8 Å². The highest BCUT2D eigenvalue weighted by atomic mass is 16.2. The van der Waals surface area contributed by atoms with Crippen molar-refractivity contribution in [1.82, 2.24) is 9.80 Å². The summed E-state index contributed by atoms with van der Waals surface area (Å²) in [5, 5.41) is 29.6. The zero-order valence-electron chi connectivity index (χ0n) is 41.1. The Morgan fingerprint density at radius 3 is 1.05 bits per heavy atom. The molecule has 2 amide bonds. The Bertz CT molecular complexity index is 3430. The molecule has 2 aliphatic rings. The second-order valence-corrected chi connectivity index (χ2v) is 18.5. The molecule has 74 heavy (non-hydrogen) atoms. The number of hydrogen-bond donors (Lipinski definition) is 0. The summed E-state index contributed by atoms with van der Waals surface area (Å²) in [6.45, 7) is 16.0. The van der Waals surface area contributed by atoms with Gasteiger partial charge in [0.05, 0.1) is 65.0 Å². The summed E-state index contributed by atoms with van der Waals surface area (Å²) in [7, 11) is 0. The molecule has 0 aromatic heterocycles. The summed E-state index contributed by atoms with van der Waals surface area (Å²) >= 11 is 0. The second kappa shape index (κ2) is 19.9. The Balaban J connectivity index is 1.16. The van der Waals surface area contributed by atoms with Crippen LogP contribution >= 0.6 is 0 Å². The van der Waals surface area contributed by atoms with Gasteiger partial charge in [-0.3, -0.25) is 9.59 Å². The maximum Gasteiger partial charge on any atom is 0.261 e. The van der Waals surface area contributed by atoms with E-state index in [1.807, 2.05) is 76.2 Å². The van der Waals surface area contributed by atoms with Gasteiger partial charge in [-0.15, -0.1) is 0 Å². The molecule has 0 bridgehead atoms. The first-order valence-corrected chi connectivity index (χ1v) is 24.0. The summed E-state index contributed by atoms with van der Waals surface area (Å²) in [4.78, 5) is 42.3. The molecule has 0 aliphatic carbocycles. The number of carbonyl (C=O) groups excluding carboxylic acids is 2. The number of rotatable bonds is 12. The number of aryl methyl sites for hydroxylation is 4. The van der Waals surface area contributed by atoms with E-state index in [4.69, 9.17) is 6.57 Å². The highest BCUT2D eigenvalue weighted by Crippen LogP contribution is 2.49. The van der Waals surface area contributed by atoms with Crippen LogP contribution in [0.2, 0.25) is 0 Å². The molecule has 8 aromatic carbocycles. The van der Waals surface area contributed by atoms with Crippen LogP contribution in [0.5, 0.6) is 0 Å². The van der Waals surface area contributed by atoms with Gasteiger partial charge >= 0.3 is 0 Å². The quantitative estimate of drug-likeness (QED) is 0.112. The third-order valence-electron chi connectivity index (χ3n) is 13.5. The van der Waals surface area contributed by atoms with Crippen molar-refractivity contribution in [3.05, 3.63) is 266 Å². The van der Waals surface area contributed by atoms with Crippen molar-refractivity contribution >= 4 is 63.0 Å². The normalized spacial score (nSPS) is 12.8. The molecule has 0 fully saturated rings. The van der Waals surface area contributed by atoms with Gasteiger partial charge in [0.1, 0.15) is 12.1 Å². The Kier molecular flexibility index (Phi) is 12.7. The van der Waals surface area contributed by atoms with E-state index in [-0.39, 0.29) is 46.6 Å². The monoisotopic (exact) mass is 958 g/mol. The number of benzene rings is 8. The zero-order valence-corrected chi connectivity index (χ0v) is 41.1. The first-order chi connectivity index (χ1) is 36.0. The molecule has 0 saturated carbocycles. The third-order valence-corrected chi connectivity index (χ3v) is 13.5. The molecule has 0 N–H and O–H groups in total. The maximum atomic E-state index is 15.6. The smallest absolute Gasteiger partial charge is 0.261 e. The Labute approximate surface area is 430 Å². The summed E-state index contributed by atoms with van der Waals surface area (Å²) in [5.74, 6) is -0.831. The van der Waals surface area contributed by atoms with E-state index in [1.165, 1.54) is 0 Å². The van der Waals surface area contributed by atoms with Crippen molar-refractivity contribution in [1.29, 1.82) is 15.8 Å². The number of fused-ring (bicyclic) bond motifs is 1. The highest BCUT2D eigenvalue weighted by molar-refractivity contribution is 6.30. The first kappa shape index (κ1) is 47.4. The average molecular weight is 959 g/mol. The summed E-state index contributed by atoms with van der Waals surface area (Å²) < 4.78 is 0. The Hall–Kier alpha value is -10.3. The standard InChI is InChI=1S/C64H46N8O2/c1-41-6-22-52(23-7-41)71(53-24-8-42(2)9-25-53)56-30-18-47(19-31-56)61-59-60(63(73)69(61)39-45-14-16-49(36-65)51(34-45)38-67)62(70(64(59)74)40-46-15-17-50(37-66)58(35-46)68-5)48-20-32-57(33-21-48)72(54-26-10-43(3)11-27-54)55-28-12-44(4)13-29-55/h6-35H,39-40H2,1-4H3. The molecule has 354 valence electrons. The number of amides is 2. The Morgan fingerprint density at radius 2 is 0.730 bits per heavy atom. The fourth-order valence-electron chi connectivity index (χ4n) is 9.61. The molecule has 0 saturated heterocycles. The second-order valence-electron chi connectivity index (χ2n) is 18.5. The molecule has 2 heterocycles. The lowest BCUT2D eigenvalue weighted by molar-refractivity contribution is -0.124. The molecule has 2 aliphatic heterocycles. The van der Waals surface area contributed by atoms with E-state index in [1.54, 1.807) is 46.2 Å². The summed E-state index contributed by atoms with van der Waals surface area (Å²) in [6, 6.07) is 64.9. The molecule has 0 spiro atoms. The van der Waals surface area contributed by atoms with Gasteiger partial charge in [0.25, 0.3) is 11.8 Å². The predicted octanol–water partition coefficient (Wildman–Crippen LogP) is 14.2. The Morgan fingerprint density at radius 1 is 0.419 bits per heavy atom. The van der Waals surface area contributed by atoms with Crippen LogP contribution in [0, 0.1) is 68.3 Å².